The zero-order valence-corrected chi connectivity index (χ0v) is 16.4. The molecular weight excluding hydrogens is 383 g/mol. The maximum atomic E-state index is 12.9. The third-order valence-corrected chi connectivity index (χ3v) is 6.36. The number of amides is 1. The first-order chi connectivity index (χ1) is 13.4. The maximum Gasteiger partial charge on any atom is 0.240 e. The number of benzene rings is 2. The van der Waals surface area contributed by atoms with Crippen LogP contribution in [-0.4, -0.2) is 46.0 Å². The fourth-order valence-corrected chi connectivity index (χ4v) is 4.31. The minimum atomic E-state index is -3.76. The molecule has 8 heteroatoms. The molecular formula is C20H23FN2O4S. The lowest BCUT2D eigenvalue weighted by Crippen LogP contribution is -2.33. The summed E-state index contributed by atoms with van der Waals surface area (Å²) in [6.45, 7) is 1.28. The van der Waals surface area contributed by atoms with Crippen molar-refractivity contribution in [3.63, 3.8) is 0 Å². The number of methoxy groups -OCH3 is 1. The van der Waals surface area contributed by atoms with Gasteiger partial charge in [0.05, 0.1) is 12.0 Å². The van der Waals surface area contributed by atoms with Crippen LogP contribution >= 0.6 is 0 Å². The Bertz CT molecular complexity index is 914. The van der Waals surface area contributed by atoms with Gasteiger partial charge >= 0.3 is 0 Å². The van der Waals surface area contributed by atoms with Crippen LogP contribution in [0.2, 0.25) is 0 Å². The van der Waals surface area contributed by atoms with Crippen molar-refractivity contribution in [3.05, 3.63) is 59.9 Å². The van der Waals surface area contributed by atoms with Crippen LogP contribution in [0.15, 0.2) is 53.4 Å². The lowest BCUT2D eigenvalue weighted by atomic mass is 9.98. The monoisotopic (exact) mass is 406 g/mol. The Balaban J connectivity index is 1.49. The van der Waals surface area contributed by atoms with Crippen molar-refractivity contribution in [2.45, 2.75) is 23.7 Å². The normalized spacial score (nSPS) is 16.9. The largest absolute Gasteiger partial charge is 0.497 e. The fraction of sp³-hybridized carbons (Fsp3) is 0.350. The van der Waals surface area contributed by atoms with Gasteiger partial charge in [0.2, 0.25) is 15.9 Å². The third-order valence-electron chi connectivity index (χ3n) is 4.88. The van der Waals surface area contributed by atoms with Crippen molar-refractivity contribution in [2.24, 2.45) is 0 Å². The molecule has 28 heavy (non-hydrogen) atoms. The van der Waals surface area contributed by atoms with Crippen molar-refractivity contribution in [1.82, 2.24) is 9.62 Å². The molecule has 0 spiro atoms. The molecule has 1 N–H and O–H groups in total. The summed E-state index contributed by atoms with van der Waals surface area (Å²) in [4.78, 5) is 14.2. The van der Waals surface area contributed by atoms with Crippen LogP contribution in [0.5, 0.6) is 5.75 Å². The number of carbonyl (C=O) groups excluding carboxylic acids is 1. The highest BCUT2D eigenvalue weighted by Gasteiger charge is 2.27. The molecule has 0 aromatic heterocycles. The lowest BCUT2D eigenvalue weighted by Gasteiger charge is -2.17. The lowest BCUT2D eigenvalue weighted by molar-refractivity contribution is -0.130. The first-order valence-corrected chi connectivity index (χ1v) is 10.5. The van der Waals surface area contributed by atoms with E-state index in [0.717, 1.165) is 29.9 Å². The van der Waals surface area contributed by atoms with Gasteiger partial charge in [-0.15, -0.1) is 0 Å². The van der Waals surface area contributed by atoms with Crippen LogP contribution in [0.4, 0.5) is 4.39 Å². The predicted molar refractivity (Wildman–Crippen MR) is 103 cm³/mol. The van der Waals surface area contributed by atoms with Gasteiger partial charge in [-0.3, -0.25) is 4.79 Å². The second-order valence-corrected chi connectivity index (χ2v) is 8.47. The quantitative estimate of drug-likeness (QED) is 0.767. The van der Waals surface area contributed by atoms with Gasteiger partial charge < -0.3 is 9.64 Å². The average Bonchev–Trinajstić information content (AvgIpc) is 3.18. The van der Waals surface area contributed by atoms with Gasteiger partial charge in [0.15, 0.2) is 0 Å². The Morgan fingerprint density at radius 3 is 2.50 bits per heavy atom. The van der Waals surface area contributed by atoms with Crippen molar-refractivity contribution in [1.29, 1.82) is 0 Å². The Labute approximate surface area is 164 Å². The minimum Gasteiger partial charge on any atom is -0.497 e. The summed E-state index contributed by atoms with van der Waals surface area (Å²) < 4.78 is 44.8. The van der Waals surface area contributed by atoms with Crippen LogP contribution in [0.25, 0.3) is 0 Å². The van der Waals surface area contributed by atoms with Gasteiger partial charge in [-0.05, 0) is 48.4 Å². The number of nitrogens with one attached hydrogen (secondary N) is 1. The SMILES string of the molecule is COc1ccc(C2CCN(C(=O)CCNS(=O)(=O)c3ccc(F)cc3)C2)cc1. The van der Waals surface area contributed by atoms with Crippen LogP contribution in [0.1, 0.15) is 24.3 Å². The van der Waals surface area contributed by atoms with Gasteiger partial charge in [-0.25, -0.2) is 17.5 Å². The minimum absolute atomic E-state index is 0.00223. The van der Waals surface area contributed by atoms with E-state index < -0.39 is 15.8 Å². The molecule has 0 bridgehead atoms. The molecule has 1 aliphatic heterocycles. The molecule has 1 fully saturated rings. The molecule has 0 saturated carbocycles. The number of likely N-dealkylation sites (tertiary alicyclic amines) is 1. The first kappa shape index (κ1) is 20.3. The van der Waals surface area contributed by atoms with E-state index in [-0.39, 0.29) is 29.7 Å². The Hall–Kier alpha value is -2.45. The second kappa shape index (κ2) is 8.70. The van der Waals surface area contributed by atoms with E-state index in [2.05, 4.69) is 4.72 Å². The molecule has 6 nitrogen and oxygen atoms in total. The molecule has 2 aromatic rings. The van der Waals surface area contributed by atoms with Crippen LogP contribution < -0.4 is 9.46 Å². The number of sulfonamides is 1. The van der Waals surface area contributed by atoms with Gasteiger partial charge in [0.1, 0.15) is 11.6 Å². The zero-order valence-electron chi connectivity index (χ0n) is 15.6. The van der Waals surface area contributed by atoms with Crippen LogP contribution in [-0.2, 0) is 14.8 Å². The van der Waals surface area contributed by atoms with Crippen molar-refractivity contribution in [2.75, 3.05) is 26.7 Å². The maximum absolute atomic E-state index is 12.9. The van der Waals surface area contributed by atoms with Gasteiger partial charge in [0.25, 0.3) is 0 Å². The Morgan fingerprint density at radius 2 is 1.86 bits per heavy atom. The molecule has 1 unspecified atom stereocenters. The summed E-state index contributed by atoms with van der Waals surface area (Å²) in [5.74, 6) is 0.473. The number of ether oxygens (including phenoxy) is 1. The van der Waals surface area contributed by atoms with E-state index in [1.165, 1.54) is 12.1 Å². The number of halogens is 1. The molecule has 1 heterocycles. The topological polar surface area (TPSA) is 75.7 Å². The van der Waals surface area contributed by atoms with Crippen molar-refractivity contribution < 1.29 is 22.3 Å². The molecule has 1 amide bonds. The number of rotatable bonds is 7. The van der Waals surface area contributed by atoms with E-state index in [1.807, 2.05) is 24.3 Å². The summed E-state index contributed by atoms with van der Waals surface area (Å²) in [7, 11) is -2.14. The Morgan fingerprint density at radius 1 is 1.18 bits per heavy atom. The van der Waals surface area contributed by atoms with E-state index >= 15 is 0 Å². The van der Waals surface area contributed by atoms with E-state index in [4.69, 9.17) is 4.74 Å². The second-order valence-electron chi connectivity index (χ2n) is 6.70. The molecule has 150 valence electrons. The summed E-state index contributed by atoms with van der Waals surface area (Å²) in [5, 5.41) is 0. The fourth-order valence-electron chi connectivity index (χ4n) is 3.28. The highest BCUT2D eigenvalue weighted by molar-refractivity contribution is 7.89. The average molecular weight is 406 g/mol. The molecule has 0 aliphatic carbocycles. The van der Waals surface area contributed by atoms with E-state index in [1.54, 1.807) is 12.0 Å². The molecule has 2 aromatic carbocycles. The van der Waals surface area contributed by atoms with Gasteiger partial charge in [0, 0.05) is 32.0 Å². The Kier molecular flexibility index (Phi) is 6.31. The smallest absolute Gasteiger partial charge is 0.240 e. The summed E-state index contributed by atoms with van der Waals surface area (Å²) in [6.07, 6.45) is 0.954. The molecule has 3 rings (SSSR count). The summed E-state index contributed by atoms with van der Waals surface area (Å²) in [5.41, 5.74) is 1.16. The van der Waals surface area contributed by atoms with Gasteiger partial charge in [-0.1, -0.05) is 12.1 Å². The highest BCUT2D eigenvalue weighted by atomic mass is 32.2. The van der Waals surface area contributed by atoms with Gasteiger partial charge in [-0.2, -0.15) is 0 Å². The van der Waals surface area contributed by atoms with Crippen molar-refractivity contribution in [3.8, 4) is 5.75 Å². The predicted octanol–water partition coefficient (Wildman–Crippen LogP) is 2.52. The standard InChI is InChI=1S/C20H23FN2O4S/c1-27-18-6-2-15(3-7-18)16-11-13-23(14-16)20(24)10-12-22-28(25,26)19-8-4-17(21)5-9-19/h2-9,16,22H,10-14H2,1H3. The molecule has 1 saturated heterocycles. The molecule has 1 atom stereocenters. The van der Waals surface area contributed by atoms with Crippen LogP contribution in [0, 0.1) is 5.82 Å². The number of hydrogen-bond donors (Lipinski definition) is 1. The third kappa shape index (κ3) is 4.88. The summed E-state index contributed by atoms with van der Waals surface area (Å²) in [6, 6.07) is 12.4. The molecule has 0 radical (unpaired) electrons. The molecule has 1 aliphatic rings. The van der Waals surface area contributed by atoms with E-state index in [0.29, 0.717) is 13.1 Å². The van der Waals surface area contributed by atoms with E-state index in [9.17, 15) is 17.6 Å². The number of hydrogen-bond acceptors (Lipinski definition) is 4. The first-order valence-electron chi connectivity index (χ1n) is 9.06. The summed E-state index contributed by atoms with van der Waals surface area (Å²) >= 11 is 0. The number of nitrogens with zero attached hydrogens (tertiary/aromatic N) is 1. The van der Waals surface area contributed by atoms with Crippen molar-refractivity contribution >= 4 is 15.9 Å². The number of carbonyl (C=O) groups is 1. The van der Waals surface area contributed by atoms with Crippen LogP contribution in [0.3, 0.4) is 0 Å². The zero-order chi connectivity index (χ0) is 20.1. The highest BCUT2D eigenvalue weighted by Crippen LogP contribution is 2.28.